The second-order valence-electron chi connectivity index (χ2n) is 8.72. The van der Waals surface area contributed by atoms with Crippen molar-refractivity contribution in [2.75, 3.05) is 0 Å². The van der Waals surface area contributed by atoms with Crippen molar-refractivity contribution in [1.82, 2.24) is 5.32 Å². The minimum atomic E-state index is -0.881. The van der Waals surface area contributed by atoms with Gasteiger partial charge in [0.25, 0.3) is 0 Å². The molecule has 3 N–H and O–H groups in total. The lowest BCUT2D eigenvalue weighted by Gasteiger charge is -2.28. The van der Waals surface area contributed by atoms with Gasteiger partial charge in [0.2, 0.25) is 0 Å². The monoisotopic (exact) mass is 404 g/mol. The Morgan fingerprint density at radius 2 is 1.76 bits per heavy atom. The number of hydrogen-bond acceptors (Lipinski definition) is 5. The molecule has 6 heteroatoms. The zero-order valence-electron chi connectivity index (χ0n) is 18.5. The number of hydrogen-bond donors (Lipinski definition) is 2. The molecule has 0 spiro atoms. The summed E-state index contributed by atoms with van der Waals surface area (Å²) >= 11 is 0. The summed E-state index contributed by atoms with van der Waals surface area (Å²) in [4.78, 5) is 25.2. The van der Waals surface area contributed by atoms with Gasteiger partial charge in [0.1, 0.15) is 17.7 Å². The molecule has 0 aliphatic rings. The molecule has 1 amide bonds. The topological polar surface area (TPSA) is 90.6 Å². The molecule has 4 atom stereocenters. The standard InChI is InChI=1S/C23H36N2O4/c1-15(2)13-16(3)28-21(26)20(25-22(27)29-23(5,6)7)14-19(17(4)24)18-11-9-8-10-12-18/h8-12,16-17,19-20H,1,13-14,24H2,2-7H3,(H,25,27)/t16?,17-,19-,20+/m0/s1. The van der Waals surface area contributed by atoms with Gasteiger partial charge in [0, 0.05) is 18.4 Å². The first kappa shape index (κ1) is 24.7. The van der Waals surface area contributed by atoms with Crippen molar-refractivity contribution >= 4 is 12.1 Å². The van der Waals surface area contributed by atoms with Gasteiger partial charge in [-0.25, -0.2) is 9.59 Å². The largest absolute Gasteiger partial charge is 0.461 e. The van der Waals surface area contributed by atoms with Gasteiger partial charge >= 0.3 is 12.1 Å². The maximum atomic E-state index is 12.9. The number of nitrogens with one attached hydrogen (secondary N) is 1. The number of ether oxygens (including phenoxy) is 2. The summed E-state index contributed by atoms with van der Waals surface area (Å²) in [6.07, 6.45) is -0.142. The van der Waals surface area contributed by atoms with E-state index in [-0.39, 0.29) is 18.1 Å². The van der Waals surface area contributed by atoms with Crippen LogP contribution in [0.25, 0.3) is 0 Å². The molecule has 1 aromatic rings. The van der Waals surface area contributed by atoms with Crippen molar-refractivity contribution in [3.63, 3.8) is 0 Å². The second kappa shape index (κ2) is 11.0. The first-order chi connectivity index (χ1) is 13.4. The molecule has 1 rings (SSSR count). The van der Waals surface area contributed by atoms with Crippen molar-refractivity contribution < 1.29 is 19.1 Å². The molecule has 0 aliphatic carbocycles. The average Bonchev–Trinajstić information content (AvgIpc) is 2.56. The Morgan fingerprint density at radius 3 is 2.24 bits per heavy atom. The van der Waals surface area contributed by atoms with Gasteiger partial charge in [-0.2, -0.15) is 0 Å². The minimum Gasteiger partial charge on any atom is -0.461 e. The Labute approximate surface area is 174 Å². The third-order valence-electron chi connectivity index (χ3n) is 4.28. The Kier molecular flexibility index (Phi) is 9.37. The summed E-state index contributed by atoms with van der Waals surface area (Å²) in [5, 5.41) is 2.67. The first-order valence-corrected chi connectivity index (χ1v) is 10.0. The highest BCUT2D eigenvalue weighted by Crippen LogP contribution is 2.25. The fourth-order valence-electron chi connectivity index (χ4n) is 3.09. The fourth-order valence-corrected chi connectivity index (χ4v) is 3.09. The van der Waals surface area contributed by atoms with E-state index in [1.54, 1.807) is 27.7 Å². The predicted octanol–water partition coefficient (Wildman–Crippen LogP) is 4.30. The number of carbonyl (C=O) groups is 2. The van der Waals surface area contributed by atoms with Crippen LogP contribution in [0.15, 0.2) is 42.5 Å². The van der Waals surface area contributed by atoms with Crippen LogP contribution in [-0.4, -0.2) is 35.9 Å². The summed E-state index contributed by atoms with van der Waals surface area (Å²) in [5.41, 5.74) is 7.45. The average molecular weight is 405 g/mol. The quantitative estimate of drug-likeness (QED) is 0.473. The Hall–Kier alpha value is -2.34. The van der Waals surface area contributed by atoms with Crippen molar-refractivity contribution in [2.45, 2.75) is 84.1 Å². The SMILES string of the molecule is C=C(C)CC(C)OC(=O)[C@@H](C[C@H](c1ccccc1)[C@H](C)N)NC(=O)OC(C)(C)C. The van der Waals surface area contributed by atoms with Crippen LogP contribution < -0.4 is 11.1 Å². The van der Waals surface area contributed by atoms with Crippen LogP contribution in [0.4, 0.5) is 4.79 Å². The minimum absolute atomic E-state index is 0.139. The lowest BCUT2D eigenvalue weighted by molar-refractivity contribution is -0.151. The van der Waals surface area contributed by atoms with E-state index in [0.717, 1.165) is 11.1 Å². The molecular formula is C23H36N2O4. The van der Waals surface area contributed by atoms with Crippen LogP contribution in [0.1, 0.15) is 65.9 Å². The van der Waals surface area contributed by atoms with Gasteiger partial charge in [-0.05, 0) is 53.5 Å². The lowest BCUT2D eigenvalue weighted by atomic mass is 9.87. The highest BCUT2D eigenvalue weighted by Gasteiger charge is 2.31. The third-order valence-corrected chi connectivity index (χ3v) is 4.28. The second-order valence-corrected chi connectivity index (χ2v) is 8.72. The summed E-state index contributed by atoms with van der Waals surface area (Å²) in [5.74, 6) is -0.647. The molecule has 0 saturated carbocycles. The Morgan fingerprint density at radius 1 is 1.17 bits per heavy atom. The highest BCUT2D eigenvalue weighted by molar-refractivity contribution is 5.81. The summed E-state index contributed by atoms with van der Waals surface area (Å²) in [7, 11) is 0. The molecule has 0 saturated heterocycles. The van der Waals surface area contributed by atoms with Crippen LogP contribution in [0.5, 0.6) is 0 Å². The number of rotatable bonds is 9. The highest BCUT2D eigenvalue weighted by atomic mass is 16.6. The van der Waals surface area contributed by atoms with Crippen molar-refractivity contribution in [3.05, 3.63) is 48.0 Å². The molecule has 0 radical (unpaired) electrons. The lowest BCUT2D eigenvalue weighted by Crippen LogP contribution is -2.47. The van der Waals surface area contributed by atoms with E-state index in [1.807, 2.05) is 44.2 Å². The number of alkyl carbamates (subject to hydrolysis) is 1. The number of esters is 1. The van der Waals surface area contributed by atoms with E-state index in [1.165, 1.54) is 0 Å². The zero-order chi connectivity index (χ0) is 22.2. The smallest absolute Gasteiger partial charge is 0.408 e. The maximum Gasteiger partial charge on any atom is 0.408 e. The number of nitrogens with two attached hydrogens (primary N) is 1. The maximum absolute atomic E-state index is 12.9. The predicted molar refractivity (Wildman–Crippen MR) is 116 cm³/mol. The van der Waals surface area contributed by atoms with Gasteiger partial charge in [0.05, 0.1) is 0 Å². The molecule has 0 aromatic heterocycles. The number of amides is 1. The molecule has 162 valence electrons. The molecule has 0 aliphatic heterocycles. The first-order valence-electron chi connectivity index (χ1n) is 10.0. The van der Waals surface area contributed by atoms with Gasteiger partial charge < -0.3 is 20.5 Å². The molecule has 1 unspecified atom stereocenters. The van der Waals surface area contributed by atoms with Crippen molar-refractivity contribution in [3.8, 4) is 0 Å². The summed E-state index contributed by atoms with van der Waals surface area (Å²) in [6, 6.07) is 8.60. The van der Waals surface area contributed by atoms with E-state index in [2.05, 4.69) is 11.9 Å². The van der Waals surface area contributed by atoms with Gasteiger partial charge in [-0.1, -0.05) is 35.9 Å². The molecule has 6 nitrogen and oxygen atoms in total. The Balaban J connectivity index is 3.02. The van der Waals surface area contributed by atoms with Crippen LogP contribution in [-0.2, 0) is 14.3 Å². The van der Waals surface area contributed by atoms with E-state index in [4.69, 9.17) is 15.2 Å². The summed E-state index contributed by atoms with van der Waals surface area (Å²) in [6.45, 7) is 14.7. The third kappa shape index (κ3) is 9.61. The van der Waals surface area contributed by atoms with Gasteiger partial charge in [-0.3, -0.25) is 0 Å². The van der Waals surface area contributed by atoms with E-state index in [9.17, 15) is 9.59 Å². The zero-order valence-corrected chi connectivity index (χ0v) is 18.5. The molecule has 29 heavy (non-hydrogen) atoms. The van der Waals surface area contributed by atoms with Crippen molar-refractivity contribution in [1.29, 1.82) is 0 Å². The van der Waals surface area contributed by atoms with Crippen LogP contribution in [0.2, 0.25) is 0 Å². The number of benzene rings is 1. The Bertz CT molecular complexity index is 680. The van der Waals surface area contributed by atoms with Gasteiger partial charge in [-0.15, -0.1) is 6.58 Å². The van der Waals surface area contributed by atoms with Crippen LogP contribution >= 0.6 is 0 Å². The molecular weight excluding hydrogens is 368 g/mol. The molecule has 0 bridgehead atoms. The normalized spacial score (nSPS) is 15.6. The van der Waals surface area contributed by atoms with E-state index >= 15 is 0 Å². The fraction of sp³-hybridized carbons (Fsp3) is 0.565. The molecule has 0 fully saturated rings. The molecule has 0 heterocycles. The van der Waals surface area contributed by atoms with Crippen LogP contribution in [0.3, 0.4) is 0 Å². The number of carbonyl (C=O) groups excluding carboxylic acids is 2. The van der Waals surface area contributed by atoms with Crippen LogP contribution in [0, 0.1) is 0 Å². The summed E-state index contributed by atoms with van der Waals surface area (Å²) < 4.78 is 10.9. The molecule has 1 aromatic carbocycles. The van der Waals surface area contributed by atoms with E-state index in [0.29, 0.717) is 12.8 Å². The van der Waals surface area contributed by atoms with Gasteiger partial charge in [0.15, 0.2) is 0 Å². The van der Waals surface area contributed by atoms with Crippen molar-refractivity contribution in [2.24, 2.45) is 5.73 Å². The van der Waals surface area contributed by atoms with E-state index < -0.39 is 23.7 Å².